The van der Waals surface area contributed by atoms with Gasteiger partial charge in [-0.2, -0.15) is 0 Å². The van der Waals surface area contributed by atoms with Crippen LogP contribution in [-0.4, -0.2) is 23.9 Å². The molecule has 0 spiro atoms. The molecule has 0 bridgehead atoms. The fourth-order valence-corrected chi connectivity index (χ4v) is 2.13. The van der Waals surface area contributed by atoms with Crippen molar-refractivity contribution in [2.24, 2.45) is 0 Å². The minimum Gasteiger partial charge on any atom is -0.497 e. The number of benzene rings is 2. The van der Waals surface area contributed by atoms with E-state index in [1.165, 1.54) is 0 Å². The fourth-order valence-electron chi connectivity index (χ4n) is 1.97. The van der Waals surface area contributed by atoms with Gasteiger partial charge in [0.05, 0.1) is 13.2 Å². The van der Waals surface area contributed by atoms with E-state index in [0.29, 0.717) is 18.2 Å². The smallest absolute Gasteiger partial charge is 0.166 e. The third-order valence-corrected chi connectivity index (χ3v) is 3.54. The first-order chi connectivity index (χ1) is 10.7. The molecule has 0 saturated carbocycles. The molecule has 1 atom stereocenters. The second-order valence-corrected chi connectivity index (χ2v) is 5.25. The van der Waals surface area contributed by atoms with Gasteiger partial charge in [0.25, 0.3) is 0 Å². The lowest BCUT2D eigenvalue weighted by atomic mass is 10.1. The Morgan fingerprint density at radius 1 is 1.09 bits per heavy atom. The Labute approximate surface area is 136 Å². The Morgan fingerprint density at radius 3 is 2.41 bits per heavy atom. The number of hydrogen-bond acceptors (Lipinski definition) is 3. The molecule has 0 radical (unpaired) electrons. The molecule has 22 heavy (non-hydrogen) atoms. The highest BCUT2D eigenvalue weighted by molar-refractivity contribution is 7.80. The molecule has 3 N–H and O–H groups in total. The van der Waals surface area contributed by atoms with Gasteiger partial charge in [-0.3, -0.25) is 0 Å². The maximum Gasteiger partial charge on any atom is 0.166 e. The van der Waals surface area contributed by atoms with Gasteiger partial charge in [0, 0.05) is 13.1 Å². The Morgan fingerprint density at radius 2 is 1.77 bits per heavy atom. The molecule has 0 aromatic heterocycles. The van der Waals surface area contributed by atoms with Crippen molar-refractivity contribution in [3.8, 4) is 5.75 Å². The van der Waals surface area contributed by atoms with Crippen molar-refractivity contribution in [1.82, 2.24) is 10.6 Å². The topological polar surface area (TPSA) is 53.5 Å². The van der Waals surface area contributed by atoms with Gasteiger partial charge in [0.1, 0.15) is 5.75 Å². The first-order valence-electron chi connectivity index (χ1n) is 7.06. The molecule has 0 saturated heterocycles. The summed E-state index contributed by atoms with van der Waals surface area (Å²) in [5.74, 6) is 0.768. The summed E-state index contributed by atoms with van der Waals surface area (Å²) < 4.78 is 5.09. The molecule has 0 amide bonds. The van der Waals surface area contributed by atoms with Crippen LogP contribution in [0.15, 0.2) is 54.6 Å². The summed E-state index contributed by atoms with van der Waals surface area (Å²) in [5.41, 5.74) is 1.97. The molecule has 116 valence electrons. The lowest BCUT2D eigenvalue weighted by Crippen LogP contribution is -2.37. The molecule has 0 fully saturated rings. The lowest BCUT2D eigenvalue weighted by Gasteiger charge is -2.15. The number of aliphatic hydroxyl groups is 1. The number of thiocarbonyl (C=S) groups is 1. The summed E-state index contributed by atoms with van der Waals surface area (Å²) in [6.45, 7) is 1.01. The minimum atomic E-state index is -0.623. The zero-order valence-electron chi connectivity index (χ0n) is 12.5. The number of nitrogens with one attached hydrogen (secondary N) is 2. The molecular weight excluding hydrogens is 296 g/mol. The summed E-state index contributed by atoms with van der Waals surface area (Å²) in [4.78, 5) is 0. The predicted octanol–water partition coefficient (Wildman–Crippen LogP) is 2.39. The Bertz CT molecular complexity index is 587. The maximum absolute atomic E-state index is 10.1. The van der Waals surface area contributed by atoms with Crippen LogP contribution in [0.1, 0.15) is 17.2 Å². The molecule has 1 unspecified atom stereocenters. The van der Waals surface area contributed by atoms with Crippen LogP contribution in [0.4, 0.5) is 0 Å². The highest BCUT2D eigenvalue weighted by Gasteiger charge is 2.08. The van der Waals surface area contributed by atoms with Crippen molar-refractivity contribution >= 4 is 17.3 Å². The first-order valence-corrected chi connectivity index (χ1v) is 7.47. The zero-order chi connectivity index (χ0) is 15.8. The van der Waals surface area contributed by atoms with Gasteiger partial charge in [0.15, 0.2) is 5.11 Å². The molecule has 0 heterocycles. The quantitative estimate of drug-likeness (QED) is 0.715. The number of methoxy groups -OCH3 is 1. The van der Waals surface area contributed by atoms with Crippen molar-refractivity contribution in [2.75, 3.05) is 13.7 Å². The second-order valence-electron chi connectivity index (χ2n) is 4.84. The molecule has 0 aliphatic rings. The van der Waals surface area contributed by atoms with E-state index in [4.69, 9.17) is 17.0 Å². The fraction of sp³-hybridized carbons (Fsp3) is 0.235. The van der Waals surface area contributed by atoms with Crippen molar-refractivity contribution in [2.45, 2.75) is 12.6 Å². The van der Waals surface area contributed by atoms with Gasteiger partial charge >= 0.3 is 0 Å². The summed E-state index contributed by atoms with van der Waals surface area (Å²) >= 11 is 5.21. The third-order valence-electron chi connectivity index (χ3n) is 3.25. The number of aliphatic hydroxyl groups excluding tert-OH is 1. The largest absolute Gasteiger partial charge is 0.497 e. The van der Waals surface area contributed by atoms with Crippen molar-refractivity contribution in [1.29, 1.82) is 0 Å². The van der Waals surface area contributed by atoms with Crippen LogP contribution < -0.4 is 15.4 Å². The van der Waals surface area contributed by atoms with Gasteiger partial charge in [0.2, 0.25) is 0 Å². The number of hydrogen-bond donors (Lipinski definition) is 3. The molecule has 0 aliphatic carbocycles. The standard InChI is InChI=1S/C17H20N2O2S/c1-21-15-9-7-14(8-10-15)16(20)12-19-17(22)18-11-13-5-3-2-4-6-13/h2-10,16,20H,11-12H2,1H3,(H2,18,19,22). The van der Waals surface area contributed by atoms with Gasteiger partial charge < -0.3 is 20.5 Å². The molecule has 2 aromatic rings. The van der Waals surface area contributed by atoms with E-state index in [1.807, 2.05) is 54.6 Å². The van der Waals surface area contributed by atoms with Crippen LogP contribution in [0.3, 0.4) is 0 Å². The van der Waals surface area contributed by atoms with Crippen LogP contribution in [0.2, 0.25) is 0 Å². The molecule has 0 aliphatic heterocycles. The van der Waals surface area contributed by atoms with Crippen molar-refractivity contribution in [3.63, 3.8) is 0 Å². The molecule has 5 heteroatoms. The van der Waals surface area contributed by atoms with Crippen LogP contribution in [-0.2, 0) is 6.54 Å². The minimum absolute atomic E-state index is 0.354. The average Bonchev–Trinajstić information content (AvgIpc) is 2.58. The normalized spacial score (nSPS) is 11.5. The van der Waals surface area contributed by atoms with Crippen LogP contribution in [0, 0.1) is 0 Å². The number of rotatable bonds is 6. The molecule has 2 aromatic carbocycles. The summed E-state index contributed by atoms with van der Waals surface area (Å²) in [6, 6.07) is 17.3. The number of ether oxygens (including phenoxy) is 1. The average molecular weight is 316 g/mol. The van der Waals surface area contributed by atoms with E-state index in [2.05, 4.69) is 10.6 Å². The monoisotopic (exact) mass is 316 g/mol. The highest BCUT2D eigenvalue weighted by Crippen LogP contribution is 2.16. The molecular formula is C17H20N2O2S. The maximum atomic E-state index is 10.1. The Balaban J connectivity index is 1.75. The first kappa shape index (κ1) is 16.3. The molecule has 4 nitrogen and oxygen atoms in total. The molecule has 2 rings (SSSR count). The lowest BCUT2D eigenvalue weighted by molar-refractivity contribution is 0.181. The van der Waals surface area contributed by atoms with E-state index in [1.54, 1.807) is 7.11 Å². The van der Waals surface area contributed by atoms with Crippen molar-refractivity contribution < 1.29 is 9.84 Å². The van der Waals surface area contributed by atoms with Gasteiger partial charge in [-0.15, -0.1) is 0 Å². The Hall–Kier alpha value is -2.11. The van der Waals surface area contributed by atoms with E-state index < -0.39 is 6.10 Å². The Kier molecular flexibility index (Phi) is 6.18. The van der Waals surface area contributed by atoms with Crippen molar-refractivity contribution in [3.05, 3.63) is 65.7 Å². The van der Waals surface area contributed by atoms with Crippen LogP contribution >= 0.6 is 12.2 Å². The van der Waals surface area contributed by atoms with E-state index in [-0.39, 0.29) is 0 Å². The van der Waals surface area contributed by atoms with Crippen LogP contribution in [0.5, 0.6) is 5.75 Å². The third kappa shape index (κ3) is 5.02. The van der Waals surface area contributed by atoms with E-state index in [0.717, 1.165) is 16.9 Å². The summed E-state index contributed by atoms with van der Waals surface area (Å²) in [5, 5.41) is 16.8. The van der Waals surface area contributed by atoms with Gasteiger partial charge in [-0.05, 0) is 35.5 Å². The second kappa shape index (κ2) is 8.36. The van der Waals surface area contributed by atoms with E-state index >= 15 is 0 Å². The van der Waals surface area contributed by atoms with E-state index in [9.17, 15) is 5.11 Å². The van der Waals surface area contributed by atoms with Gasteiger partial charge in [-0.25, -0.2) is 0 Å². The SMILES string of the molecule is COc1ccc(C(O)CNC(=S)NCc2ccccc2)cc1. The highest BCUT2D eigenvalue weighted by atomic mass is 32.1. The van der Waals surface area contributed by atoms with Gasteiger partial charge in [-0.1, -0.05) is 42.5 Å². The summed E-state index contributed by atoms with van der Waals surface area (Å²) in [7, 11) is 1.61. The zero-order valence-corrected chi connectivity index (χ0v) is 13.3. The predicted molar refractivity (Wildman–Crippen MR) is 91.8 cm³/mol. The van der Waals surface area contributed by atoms with Crippen LogP contribution in [0.25, 0.3) is 0 Å². The summed E-state index contributed by atoms with van der Waals surface area (Å²) in [6.07, 6.45) is -0.623.